The summed E-state index contributed by atoms with van der Waals surface area (Å²) in [7, 11) is 0. The summed E-state index contributed by atoms with van der Waals surface area (Å²) in [5, 5.41) is 14.4. The Bertz CT molecular complexity index is 574. The zero-order chi connectivity index (χ0) is 20.7. The molecule has 1 heterocycles. The van der Waals surface area contributed by atoms with Crippen molar-refractivity contribution in [2.24, 2.45) is 11.7 Å². The van der Waals surface area contributed by atoms with Crippen molar-refractivity contribution in [1.82, 2.24) is 15.5 Å². The zero-order valence-corrected chi connectivity index (χ0v) is 16.9. The number of hydrogen-bond donors (Lipinski definition) is 5. The molecule has 1 rings (SSSR count). The molecule has 1 saturated heterocycles. The summed E-state index contributed by atoms with van der Waals surface area (Å²) in [5.41, 5.74) is 5.65. The minimum absolute atomic E-state index is 0.140. The number of rotatable bonds is 9. The van der Waals surface area contributed by atoms with Gasteiger partial charge < -0.3 is 26.4 Å². The molecule has 154 valence electrons. The Kier molecular flexibility index (Phi) is 9.04. The van der Waals surface area contributed by atoms with Gasteiger partial charge in [-0.1, -0.05) is 20.3 Å². The lowest BCUT2D eigenvalue weighted by atomic mass is 9.97. The van der Waals surface area contributed by atoms with E-state index in [9.17, 15) is 24.3 Å². The molecule has 0 radical (unpaired) electrons. The summed E-state index contributed by atoms with van der Waals surface area (Å²) in [6.07, 6.45) is 1.63. The molecule has 0 aromatic heterocycles. The van der Waals surface area contributed by atoms with E-state index in [1.165, 1.54) is 11.8 Å². The lowest BCUT2D eigenvalue weighted by molar-refractivity contribution is -0.149. The third-order valence-corrected chi connectivity index (χ3v) is 5.27. The third-order valence-electron chi connectivity index (χ3n) is 4.88. The number of carbonyl (C=O) groups excluding carboxylic acids is 3. The summed E-state index contributed by atoms with van der Waals surface area (Å²) in [5.74, 6) is -2.53. The van der Waals surface area contributed by atoms with Crippen LogP contribution in [0.1, 0.15) is 40.0 Å². The number of amides is 3. The minimum atomic E-state index is -1.05. The average molecular weight is 403 g/mol. The van der Waals surface area contributed by atoms with Gasteiger partial charge in [-0.05, 0) is 25.7 Å². The van der Waals surface area contributed by atoms with Crippen molar-refractivity contribution in [3.8, 4) is 0 Å². The second-order valence-electron chi connectivity index (χ2n) is 6.92. The highest BCUT2D eigenvalue weighted by Crippen LogP contribution is 2.18. The molecule has 27 heavy (non-hydrogen) atoms. The predicted molar refractivity (Wildman–Crippen MR) is 103 cm³/mol. The lowest BCUT2D eigenvalue weighted by Gasteiger charge is -2.28. The number of carbonyl (C=O) groups is 4. The fourth-order valence-electron chi connectivity index (χ4n) is 2.95. The Hall–Kier alpha value is -1.81. The van der Waals surface area contributed by atoms with Crippen LogP contribution in [0.4, 0.5) is 0 Å². The van der Waals surface area contributed by atoms with E-state index in [1.807, 2.05) is 13.8 Å². The molecule has 1 aliphatic heterocycles. The van der Waals surface area contributed by atoms with E-state index in [4.69, 9.17) is 5.73 Å². The smallest absolute Gasteiger partial charge is 0.326 e. The molecule has 0 aliphatic carbocycles. The van der Waals surface area contributed by atoms with Gasteiger partial charge in [0.1, 0.15) is 18.1 Å². The average Bonchev–Trinajstić information content (AvgIpc) is 3.13. The number of likely N-dealkylation sites (tertiary alicyclic amines) is 1. The SMILES string of the molecule is CCC(C)C(NC(=O)C(N)CS)C(=O)NC(C)C(=O)N1CCCC1C(=O)O. The Morgan fingerprint density at radius 1 is 1.22 bits per heavy atom. The first-order chi connectivity index (χ1) is 12.6. The van der Waals surface area contributed by atoms with Gasteiger partial charge in [0.2, 0.25) is 17.7 Å². The van der Waals surface area contributed by atoms with Crippen LogP contribution in [0, 0.1) is 5.92 Å². The number of thiol groups is 1. The fourth-order valence-corrected chi connectivity index (χ4v) is 3.11. The highest BCUT2D eigenvalue weighted by Gasteiger charge is 2.37. The molecule has 9 nitrogen and oxygen atoms in total. The van der Waals surface area contributed by atoms with Crippen molar-refractivity contribution in [3.05, 3.63) is 0 Å². The van der Waals surface area contributed by atoms with Crippen molar-refractivity contribution >= 4 is 36.3 Å². The van der Waals surface area contributed by atoms with Crippen molar-refractivity contribution < 1.29 is 24.3 Å². The summed E-state index contributed by atoms with van der Waals surface area (Å²) in [4.78, 5) is 49.8. The van der Waals surface area contributed by atoms with E-state index in [0.717, 1.165) is 0 Å². The highest BCUT2D eigenvalue weighted by atomic mass is 32.1. The number of carboxylic acids is 1. The Morgan fingerprint density at radius 3 is 2.37 bits per heavy atom. The van der Waals surface area contributed by atoms with Crippen LogP contribution < -0.4 is 16.4 Å². The molecule has 0 aromatic rings. The van der Waals surface area contributed by atoms with E-state index in [0.29, 0.717) is 25.8 Å². The molecule has 1 aliphatic rings. The third kappa shape index (κ3) is 6.10. The quantitative estimate of drug-likeness (QED) is 0.325. The van der Waals surface area contributed by atoms with Gasteiger partial charge >= 0.3 is 5.97 Å². The molecule has 0 saturated carbocycles. The topological polar surface area (TPSA) is 142 Å². The molecule has 0 aromatic carbocycles. The maximum atomic E-state index is 12.7. The van der Waals surface area contributed by atoms with Crippen LogP contribution in [-0.2, 0) is 19.2 Å². The summed E-state index contributed by atoms with van der Waals surface area (Å²) >= 11 is 3.98. The van der Waals surface area contributed by atoms with Crippen LogP contribution in [0.25, 0.3) is 0 Å². The van der Waals surface area contributed by atoms with Gasteiger partial charge in [0, 0.05) is 12.3 Å². The Labute approximate surface area is 164 Å². The molecular formula is C17H30N4O5S. The second kappa shape index (κ2) is 10.5. The van der Waals surface area contributed by atoms with E-state index >= 15 is 0 Å². The normalized spacial score (nSPS) is 21.1. The molecule has 0 spiro atoms. The largest absolute Gasteiger partial charge is 0.480 e. The van der Waals surface area contributed by atoms with Crippen molar-refractivity contribution in [3.63, 3.8) is 0 Å². The number of nitrogens with two attached hydrogens (primary N) is 1. The Morgan fingerprint density at radius 2 is 1.85 bits per heavy atom. The van der Waals surface area contributed by atoms with E-state index in [2.05, 4.69) is 23.3 Å². The highest BCUT2D eigenvalue weighted by molar-refractivity contribution is 7.80. The maximum Gasteiger partial charge on any atom is 0.326 e. The number of aliphatic carboxylic acids is 1. The van der Waals surface area contributed by atoms with E-state index in [1.54, 1.807) is 0 Å². The molecule has 3 amide bonds. The summed E-state index contributed by atoms with van der Waals surface area (Å²) in [6.45, 7) is 5.54. The Balaban J connectivity index is 2.80. The van der Waals surface area contributed by atoms with Crippen molar-refractivity contribution in [2.45, 2.75) is 64.2 Å². The zero-order valence-electron chi connectivity index (χ0n) is 16.0. The minimum Gasteiger partial charge on any atom is -0.480 e. The van der Waals surface area contributed by atoms with Gasteiger partial charge in [-0.2, -0.15) is 12.6 Å². The lowest BCUT2D eigenvalue weighted by Crippen LogP contribution is -2.58. The first-order valence-corrected chi connectivity index (χ1v) is 9.77. The van der Waals surface area contributed by atoms with Crippen LogP contribution in [0.2, 0.25) is 0 Å². The predicted octanol–water partition coefficient (Wildman–Crippen LogP) is -0.645. The van der Waals surface area contributed by atoms with Crippen molar-refractivity contribution in [1.29, 1.82) is 0 Å². The number of nitrogens with zero attached hydrogens (tertiary/aromatic N) is 1. The van der Waals surface area contributed by atoms with Crippen LogP contribution in [0.15, 0.2) is 0 Å². The maximum absolute atomic E-state index is 12.7. The van der Waals surface area contributed by atoms with Crippen LogP contribution in [0.3, 0.4) is 0 Å². The molecule has 0 bridgehead atoms. The van der Waals surface area contributed by atoms with Gasteiger partial charge in [0.15, 0.2) is 0 Å². The summed E-state index contributed by atoms with van der Waals surface area (Å²) in [6, 6.07) is -3.46. The molecule has 10 heteroatoms. The van der Waals surface area contributed by atoms with Crippen LogP contribution >= 0.6 is 12.6 Å². The van der Waals surface area contributed by atoms with Crippen LogP contribution in [-0.4, -0.2) is 70.2 Å². The molecular weight excluding hydrogens is 372 g/mol. The molecule has 5 N–H and O–H groups in total. The van der Waals surface area contributed by atoms with Gasteiger partial charge in [0.05, 0.1) is 6.04 Å². The van der Waals surface area contributed by atoms with Gasteiger partial charge in [-0.25, -0.2) is 4.79 Å². The van der Waals surface area contributed by atoms with Crippen molar-refractivity contribution in [2.75, 3.05) is 12.3 Å². The van der Waals surface area contributed by atoms with Gasteiger partial charge in [0.25, 0.3) is 0 Å². The number of nitrogens with one attached hydrogen (secondary N) is 2. The van der Waals surface area contributed by atoms with E-state index < -0.39 is 47.9 Å². The first kappa shape index (κ1) is 23.2. The molecule has 5 atom stereocenters. The number of carboxylic acid groups (broad SMARTS) is 1. The number of hydrogen-bond acceptors (Lipinski definition) is 6. The van der Waals surface area contributed by atoms with Crippen LogP contribution in [0.5, 0.6) is 0 Å². The molecule has 5 unspecified atom stereocenters. The van der Waals surface area contributed by atoms with E-state index in [-0.39, 0.29) is 11.7 Å². The monoisotopic (exact) mass is 402 g/mol. The summed E-state index contributed by atoms with van der Waals surface area (Å²) < 4.78 is 0. The standard InChI is InChI=1S/C17H30N4O5S/c1-4-9(2)13(20-14(22)11(18)8-27)15(23)19-10(3)16(24)21-7-5-6-12(21)17(25)26/h9-13,27H,4-8,18H2,1-3H3,(H,19,23)(H,20,22)(H,25,26). The fraction of sp³-hybridized carbons (Fsp3) is 0.765. The first-order valence-electron chi connectivity index (χ1n) is 9.14. The van der Waals surface area contributed by atoms with Gasteiger partial charge in [-0.15, -0.1) is 0 Å². The molecule has 1 fully saturated rings. The van der Waals surface area contributed by atoms with Gasteiger partial charge in [-0.3, -0.25) is 14.4 Å². The second-order valence-corrected chi connectivity index (χ2v) is 7.28.